The zero-order chi connectivity index (χ0) is 17.0. The zero-order valence-corrected chi connectivity index (χ0v) is 13.5. The smallest absolute Gasteiger partial charge is 0.311 e. The molecule has 1 amide bonds. The lowest BCUT2D eigenvalue weighted by atomic mass is 10.1. The minimum Gasteiger partial charge on any atom is -0.508 e. The third-order valence-electron chi connectivity index (χ3n) is 3.54. The molecule has 0 spiro atoms. The summed E-state index contributed by atoms with van der Waals surface area (Å²) in [6.07, 6.45) is -0.638. The zero-order valence-electron chi connectivity index (χ0n) is 12.7. The maximum atomic E-state index is 11.9. The lowest BCUT2D eigenvalue weighted by molar-refractivity contribution is -0.154. The Hall–Kier alpha value is -2.09. The highest BCUT2D eigenvalue weighted by Gasteiger charge is 2.30. The number of carbonyl (C=O) groups excluding carboxylic acids is 2. The molecule has 1 saturated heterocycles. The largest absolute Gasteiger partial charge is 0.508 e. The van der Waals surface area contributed by atoms with Gasteiger partial charge in [-0.3, -0.25) is 9.59 Å². The predicted molar refractivity (Wildman–Crippen MR) is 82.6 cm³/mol. The average Bonchev–Trinajstić information content (AvgIpc) is 2.80. The van der Waals surface area contributed by atoms with Crippen molar-refractivity contribution in [1.82, 2.24) is 5.32 Å². The molecule has 1 aliphatic rings. The molecule has 0 unspecified atom stereocenters. The van der Waals surface area contributed by atoms with Gasteiger partial charge in [-0.15, -0.1) is 0 Å². The van der Waals surface area contributed by atoms with Gasteiger partial charge in [-0.25, -0.2) is 8.42 Å². The molecule has 23 heavy (non-hydrogen) atoms. The number of benzene rings is 1. The topological polar surface area (TPSA) is 110 Å². The number of amides is 1. The van der Waals surface area contributed by atoms with Crippen molar-refractivity contribution in [3.63, 3.8) is 0 Å². The fourth-order valence-corrected chi connectivity index (χ4v) is 3.97. The van der Waals surface area contributed by atoms with Crippen molar-refractivity contribution in [2.45, 2.75) is 31.9 Å². The maximum absolute atomic E-state index is 11.9. The van der Waals surface area contributed by atoms with Crippen LogP contribution in [0.4, 0.5) is 0 Å². The Kier molecular flexibility index (Phi) is 5.25. The van der Waals surface area contributed by atoms with E-state index in [-0.39, 0.29) is 23.7 Å². The van der Waals surface area contributed by atoms with Gasteiger partial charge in [0.2, 0.25) is 0 Å². The van der Waals surface area contributed by atoms with Crippen LogP contribution < -0.4 is 5.32 Å². The molecule has 0 bridgehead atoms. The maximum Gasteiger partial charge on any atom is 0.311 e. The molecular weight excluding hydrogens is 322 g/mol. The van der Waals surface area contributed by atoms with Gasteiger partial charge in [0.05, 0.1) is 17.9 Å². The molecular formula is C15H19NO6S. The summed E-state index contributed by atoms with van der Waals surface area (Å²) in [6.45, 7) is 1.44. The SMILES string of the molecule is C[C@@H](OC(=O)Cc1ccc(O)cc1)C(=O)N[C@H]1CCS(=O)(=O)C1. The van der Waals surface area contributed by atoms with Gasteiger partial charge >= 0.3 is 5.97 Å². The third kappa shape index (κ3) is 5.24. The van der Waals surface area contributed by atoms with E-state index in [1.54, 1.807) is 12.1 Å². The summed E-state index contributed by atoms with van der Waals surface area (Å²) in [5, 5.41) is 11.8. The lowest BCUT2D eigenvalue weighted by Gasteiger charge is -2.16. The van der Waals surface area contributed by atoms with E-state index in [0.29, 0.717) is 12.0 Å². The molecule has 0 radical (unpaired) electrons. The second-order valence-electron chi connectivity index (χ2n) is 5.58. The minimum atomic E-state index is -3.08. The van der Waals surface area contributed by atoms with Crippen LogP contribution >= 0.6 is 0 Å². The van der Waals surface area contributed by atoms with Crippen LogP contribution in [0.1, 0.15) is 18.9 Å². The molecule has 8 heteroatoms. The highest BCUT2D eigenvalue weighted by atomic mass is 32.2. The lowest BCUT2D eigenvalue weighted by Crippen LogP contribution is -2.42. The van der Waals surface area contributed by atoms with Crippen molar-refractivity contribution in [3.8, 4) is 5.75 Å². The van der Waals surface area contributed by atoms with E-state index in [9.17, 15) is 18.0 Å². The van der Waals surface area contributed by atoms with E-state index in [4.69, 9.17) is 9.84 Å². The molecule has 1 aliphatic heterocycles. The number of nitrogens with one attached hydrogen (secondary N) is 1. The summed E-state index contributed by atoms with van der Waals surface area (Å²) in [7, 11) is -3.08. The van der Waals surface area contributed by atoms with Crippen LogP contribution in [0.25, 0.3) is 0 Å². The molecule has 2 rings (SSSR count). The summed E-state index contributed by atoms with van der Waals surface area (Å²) >= 11 is 0. The molecule has 7 nitrogen and oxygen atoms in total. The highest BCUT2D eigenvalue weighted by molar-refractivity contribution is 7.91. The fraction of sp³-hybridized carbons (Fsp3) is 0.467. The second kappa shape index (κ2) is 6.99. The molecule has 1 heterocycles. The van der Waals surface area contributed by atoms with Crippen LogP contribution in [-0.4, -0.2) is 49.1 Å². The van der Waals surface area contributed by atoms with Gasteiger partial charge in [-0.2, -0.15) is 0 Å². The first-order chi connectivity index (χ1) is 10.7. The standard InChI is InChI=1S/C15H19NO6S/c1-10(15(19)16-12-6-7-23(20,21)9-12)22-14(18)8-11-2-4-13(17)5-3-11/h2-5,10,12,17H,6-9H2,1H3,(H,16,19)/t10-,12+/m1/s1. The van der Waals surface area contributed by atoms with Gasteiger partial charge < -0.3 is 15.2 Å². The molecule has 0 saturated carbocycles. The quantitative estimate of drug-likeness (QED) is 0.739. The Labute approximate surface area is 134 Å². The summed E-state index contributed by atoms with van der Waals surface area (Å²) in [4.78, 5) is 23.7. The van der Waals surface area contributed by atoms with E-state index >= 15 is 0 Å². The molecule has 0 aromatic heterocycles. The summed E-state index contributed by atoms with van der Waals surface area (Å²) in [6, 6.07) is 5.67. The Balaban J connectivity index is 1.81. The Morgan fingerprint density at radius 2 is 2.00 bits per heavy atom. The van der Waals surface area contributed by atoms with E-state index in [2.05, 4.69) is 5.32 Å². The van der Waals surface area contributed by atoms with Crippen LogP contribution in [0.3, 0.4) is 0 Å². The number of hydrogen-bond acceptors (Lipinski definition) is 6. The molecule has 0 aliphatic carbocycles. The number of phenolic OH excluding ortho intramolecular Hbond substituents is 1. The van der Waals surface area contributed by atoms with E-state index in [0.717, 1.165) is 0 Å². The van der Waals surface area contributed by atoms with Gasteiger partial charge in [-0.05, 0) is 31.0 Å². The summed E-state index contributed by atoms with van der Waals surface area (Å²) < 4.78 is 27.7. The van der Waals surface area contributed by atoms with E-state index < -0.39 is 33.9 Å². The minimum absolute atomic E-state index is 0.0181. The van der Waals surface area contributed by atoms with Gasteiger partial charge in [0.15, 0.2) is 15.9 Å². The van der Waals surface area contributed by atoms with E-state index in [1.807, 2.05) is 0 Å². The summed E-state index contributed by atoms with van der Waals surface area (Å²) in [5.41, 5.74) is 0.655. The number of sulfone groups is 1. The van der Waals surface area contributed by atoms with Crippen molar-refractivity contribution in [2.75, 3.05) is 11.5 Å². The Morgan fingerprint density at radius 1 is 1.35 bits per heavy atom. The Bertz CT molecular complexity index is 682. The Morgan fingerprint density at radius 3 is 2.57 bits per heavy atom. The second-order valence-corrected chi connectivity index (χ2v) is 7.81. The first kappa shape index (κ1) is 17.3. The van der Waals surface area contributed by atoms with Gasteiger partial charge in [-0.1, -0.05) is 12.1 Å². The van der Waals surface area contributed by atoms with Crippen LogP contribution in [-0.2, 0) is 30.6 Å². The third-order valence-corrected chi connectivity index (χ3v) is 5.31. The van der Waals surface area contributed by atoms with Crippen LogP contribution in [0.2, 0.25) is 0 Å². The first-order valence-corrected chi connectivity index (χ1v) is 9.05. The van der Waals surface area contributed by atoms with Gasteiger partial charge in [0, 0.05) is 6.04 Å². The number of aromatic hydroxyl groups is 1. The number of phenols is 1. The van der Waals surface area contributed by atoms with Crippen molar-refractivity contribution in [1.29, 1.82) is 0 Å². The van der Waals surface area contributed by atoms with Crippen molar-refractivity contribution < 1.29 is 27.9 Å². The van der Waals surface area contributed by atoms with Crippen molar-refractivity contribution in [2.24, 2.45) is 0 Å². The highest BCUT2D eigenvalue weighted by Crippen LogP contribution is 2.13. The average molecular weight is 341 g/mol. The number of ether oxygens (including phenoxy) is 1. The van der Waals surface area contributed by atoms with Crippen molar-refractivity contribution >= 4 is 21.7 Å². The van der Waals surface area contributed by atoms with E-state index in [1.165, 1.54) is 19.1 Å². The fourth-order valence-electron chi connectivity index (χ4n) is 2.30. The molecule has 2 atom stereocenters. The predicted octanol–water partition coefficient (Wildman–Crippen LogP) is 0.170. The number of rotatable bonds is 5. The van der Waals surface area contributed by atoms with Gasteiger partial charge in [0.25, 0.3) is 5.91 Å². The number of carbonyl (C=O) groups is 2. The normalized spacial score (nSPS) is 20.7. The van der Waals surface area contributed by atoms with Crippen LogP contribution in [0, 0.1) is 0 Å². The molecule has 1 fully saturated rings. The van der Waals surface area contributed by atoms with Crippen molar-refractivity contribution in [3.05, 3.63) is 29.8 Å². The molecule has 126 valence electrons. The van der Waals surface area contributed by atoms with Crippen LogP contribution in [0.5, 0.6) is 5.75 Å². The van der Waals surface area contributed by atoms with Gasteiger partial charge in [0.1, 0.15) is 5.75 Å². The first-order valence-electron chi connectivity index (χ1n) is 7.23. The number of hydrogen-bond donors (Lipinski definition) is 2. The number of esters is 1. The molecule has 1 aromatic carbocycles. The molecule has 1 aromatic rings. The van der Waals surface area contributed by atoms with Crippen LogP contribution in [0.15, 0.2) is 24.3 Å². The summed E-state index contributed by atoms with van der Waals surface area (Å²) in [5.74, 6) is -0.996. The molecule has 2 N–H and O–H groups in total. The monoisotopic (exact) mass is 341 g/mol.